The van der Waals surface area contributed by atoms with Gasteiger partial charge in [-0.05, 0) is 52.3 Å². The molecule has 27 heavy (non-hydrogen) atoms. The van der Waals surface area contributed by atoms with Crippen LogP contribution in [0.4, 0.5) is 0 Å². The van der Waals surface area contributed by atoms with E-state index in [0.29, 0.717) is 11.3 Å². The van der Waals surface area contributed by atoms with Crippen LogP contribution in [-0.2, 0) is 11.3 Å². The number of pyridine rings is 1. The average molecular weight is 446 g/mol. The van der Waals surface area contributed by atoms with Crippen LogP contribution >= 0.6 is 27.7 Å². The Hall–Kier alpha value is -2.58. The SMILES string of the molecule is O=C(CNC(=O)c1ccccc1Sc1ccc(Br)cn1)NCc1ccco1. The van der Waals surface area contributed by atoms with Crippen LogP contribution < -0.4 is 10.6 Å². The molecular weight excluding hydrogens is 430 g/mol. The summed E-state index contributed by atoms with van der Waals surface area (Å²) in [4.78, 5) is 29.5. The number of carbonyl (C=O) groups is 2. The highest BCUT2D eigenvalue weighted by Crippen LogP contribution is 2.29. The van der Waals surface area contributed by atoms with Gasteiger partial charge in [0.15, 0.2) is 0 Å². The first kappa shape index (κ1) is 19.2. The monoisotopic (exact) mass is 445 g/mol. The van der Waals surface area contributed by atoms with Gasteiger partial charge in [-0.25, -0.2) is 4.98 Å². The normalized spacial score (nSPS) is 10.4. The van der Waals surface area contributed by atoms with E-state index >= 15 is 0 Å². The fourth-order valence-corrected chi connectivity index (χ4v) is 3.31. The predicted octanol–water partition coefficient (Wildman–Crippen LogP) is 3.63. The third-order valence-electron chi connectivity index (χ3n) is 3.50. The van der Waals surface area contributed by atoms with Gasteiger partial charge in [-0.1, -0.05) is 23.9 Å². The van der Waals surface area contributed by atoms with Gasteiger partial charge >= 0.3 is 0 Å². The van der Waals surface area contributed by atoms with Crippen LogP contribution in [0, 0.1) is 0 Å². The second kappa shape index (κ2) is 9.38. The molecule has 0 spiro atoms. The Balaban J connectivity index is 1.57. The standard InChI is InChI=1S/C19H16BrN3O3S/c20-13-7-8-18(22-10-13)27-16-6-2-1-5-15(16)19(25)23-12-17(24)21-11-14-4-3-9-26-14/h1-10H,11-12H2,(H,21,24)(H,23,25). The molecule has 8 heteroatoms. The van der Waals surface area contributed by atoms with Gasteiger partial charge in [0.05, 0.1) is 24.9 Å². The lowest BCUT2D eigenvalue weighted by molar-refractivity contribution is -0.120. The lowest BCUT2D eigenvalue weighted by Gasteiger charge is -2.10. The zero-order chi connectivity index (χ0) is 19.1. The van der Waals surface area contributed by atoms with E-state index in [1.165, 1.54) is 18.0 Å². The summed E-state index contributed by atoms with van der Waals surface area (Å²) >= 11 is 4.74. The number of halogens is 1. The van der Waals surface area contributed by atoms with Crippen molar-refractivity contribution in [1.82, 2.24) is 15.6 Å². The number of amides is 2. The third-order valence-corrected chi connectivity index (χ3v) is 4.99. The molecule has 0 fully saturated rings. The molecule has 0 bridgehead atoms. The van der Waals surface area contributed by atoms with Crippen LogP contribution in [0.15, 0.2) is 79.8 Å². The molecule has 3 rings (SSSR count). The zero-order valence-electron chi connectivity index (χ0n) is 14.1. The number of carbonyl (C=O) groups excluding carboxylic acids is 2. The molecule has 2 aromatic heterocycles. The van der Waals surface area contributed by atoms with E-state index in [9.17, 15) is 9.59 Å². The molecule has 138 valence electrons. The van der Waals surface area contributed by atoms with Crippen molar-refractivity contribution in [1.29, 1.82) is 0 Å². The molecule has 1 aromatic carbocycles. The van der Waals surface area contributed by atoms with Crippen LogP contribution in [0.1, 0.15) is 16.1 Å². The van der Waals surface area contributed by atoms with E-state index < -0.39 is 0 Å². The Morgan fingerprint density at radius 1 is 1.07 bits per heavy atom. The van der Waals surface area contributed by atoms with Crippen molar-refractivity contribution in [2.24, 2.45) is 0 Å². The van der Waals surface area contributed by atoms with Crippen molar-refractivity contribution < 1.29 is 14.0 Å². The summed E-state index contributed by atoms with van der Waals surface area (Å²) in [6, 6.07) is 14.5. The van der Waals surface area contributed by atoms with Crippen LogP contribution in [0.3, 0.4) is 0 Å². The zero-order valence-corrected chi connectivity index (χ0v) is 16.5. The van der Waals surface area contributed by atoms with Gasteiger partial charge in [0.2, 0.25) is 5.91 Å². The van der Waals surface area contributed by atoms with Gasteiger partial charge in [0, 0.05) is 15.6 Å². The summed E-state index contributed by atoms with van der Waals surface area (Å²) in [7, 11) is 0. The van der Waals surface area contributed by atoms with E-state index in [1.54, 1.807) is 30.5 Å². The Kier molecular flexibility index (Phi) is 6.67. The molecule has 2 heterocycles. The predicted molar refractivity (Wildman–Crippen MR) is 105 cm³/mol. The molecule has 0 saturated heterocycles. The number of rotatable bonds is 7. The van der Waals surface area contributed by atoms with E-state index in [2.05, 4.69) is 31.5 Å². The van der Waals surface area contributed by atoms with Crippen molar-refractivity contribution in [3.05, 3.63) is 76.8 Å². The number of benzene rings is 1. The van der Waals surface area contributed by atoms with Crippen molar-refractivity contribution in [2.45, 2.75) is 16.5 Å². The molecule has 2 N–H and O–H groups in total. The van der Waals surface area contributed by atoms with Gasteiger partial charge < -0.3 is 15.1 Å². The first-order valence-electron chi connectivity index (χ1n) is 8.07. The molecule has 3 aromatic rings. The van der Waals surface area contributed by atoms with E-state index in [-0.39, 0.29) is 24.9 Å². The largest absolute Gasteiger partial charge is 0.467 e. The molecule has 0 unspecified atom stereocenters. The average Bonchev–Trinajstić information content (AvgIpc) is 3.20. The van der Waals surface area contributed by atoms with Crippen molar-refractivity contribution in [3.8, 4) is 0 Å². The minimum Gasteiger partial charge on any atom is -0.467 e. The van der Waals surface area contributed by atoms with Gasteiger partial charge in [0.25, 0.3) is 5.91 Å². The third kappa shape index (κ3) is 5.70. The molecule has 0 radical (unpaired) electrons. The molecule has 0 atom stereocenters. The number of hydrogen-bond acceptors (Lipinski definition) is 5. The highest BCUT2D eigenvalue weighted by Gasteiger charge is 2.13. The van der Waals surface area contributed by atoms with Crippen LogP contribution in [0.5, 0.6) is 0 Å². The second-order valence-corrected chi connectivity index (χ2v) is 7.43. The highest BCUT2D eigenvalue weighted by molar-refractivity contribution is 9.10. The Labute approximate surface area is 168 Å². The molecular formula is C19H16BrN3O3S. The first-order chi connectivity index (χ1) is 13.1. The van der Waals surface area contributed by atoms with Gasteiger partial charge in [-0.15, -0.1) is 0 Å². The summed E-state index contributed by atoms with van der Waals surface area (Å²) in [5, 5.41) is 6.10. The second-order valence-electron chi connectivity index (χ2n) is 5.45. The maximum atomic E-state index is 12.5. The molecule has 0 saturated carbocycles. The molecule has 0 aliphatic carbocycles. The Bertz CT molecular complexity index is 914. The summed E-state index contributed by atoms with van der Waals surface area (Å²) in [5.41, 5.74) is 0.492. The van der Waals surface area contributed by atoms with E-state index in [0.717, 1.165) is 14.4 Å². The minimum absolute atomic E-state index is 0.116. The molecule has 2 amide bonds. The smallest absolute Gasteiger partial charge is 0.252 e. The van der Waals surface area contributed by atoms with E-state index in [4.69, 9.17) is 4.42 Å². The molecule has 0 aliphatic rings. The van der Waals surface area contributed by atoms with Crippen molar-refractivity contribution in [3.63, 3.8) is 0 Å². The summed E-state index contributed by atoms with van der Waals surface area (Å²) in [5.74, 6) is 0.0428. The van der Waals surface area contributed by atoms with Gasteiger partial charge in [0.1, 0.15) is 10.8 Å². The van der Waals surface area contributed by atoms with E-state index in [1.807, 2.05) is 24.3 Å². The maximum absolute atomic E-state index is 12.5. The number of hydrogen-bond donors (Lipinski definition) is 2. The number of aromatic nitrogens is 1. The highest BCUT2D eigenvalue weighted by atomic mass is 79.9. The molecule has 6 nitrogen and oxygen atoms in total. The van der Waals surface area contributed by atoms with Crippen LogP contribution in [0.2, 0.25) is 0 Å². The van der Waals surface area contributed by atoms with Crippen LogP contribution in [0.25, 0.3) is 0 Å². The van der Waals surface area contributed by atoms with Crippen molar-refractivity contribution >= 4 is 39.5 Å². The Morgan fingerprint density at radius 2 is 1.93 bits per heavy atom. The quantitative estimate of drug-likeness (QED) is 0.579. The topological polar surface area (TPSA) is 84.2 Å². The fraction of sp³-hybridized carbons (Fsp3) is 0.105. The lowest BCUT2D eigenvalue weighted by Crippen LogP contribution is -2.36. The summed E-state index contributed by atoms with van der Waals surface area (Å²) < 4.78 is 6.03. The lowest BCUT2D eigenvalue weighted by atomic mass is 10.2. The fourth-order valence-electron chi connectivity index (χ4n) is 2.20. The first-order valence-corrected chi connectivity index (χ1v) is 9.68. The molecule has 0 aliphatic heterocycles. The summed E-state index contributed by atoms with van der Waals surface area (Å²) in [6.45, 7) is 0.165. The van der Waals surface area contributed by atoms with Gasteiger partial charge in [-0.2, -0.15) is 0 Å². The summed E-state index contributed by atoms with van der Waals surface area (Å²) in [6.07, 6.45) is 3.24. The number of nitrogens with one attached hydrogen (secondary N) is 2. The van der Waals surface area contributed by atoms with Crippen molar-refractivity contribution in [2.75, 3.05) is 6.54 Å². The minimum atomic E-state index is -0.316. The Morgan fingerprint density at radius 3 is 2.67 bits per heavy atom. The van der Waals surface area contributed by atoms with Crippen LogP contribution in [-0.4, -0.2) is 23.3 Å². The number of nitrogens with zero attached hydrogens (tertiary/aromatic N) is 1. The maximum Gasteiger partial charge on any atom is 0.252 e. The number of furan rings is 1. The van der Waals surface area contributed by atoms with Gasteiger partial charge in [-0.3, -0.25) is 9.59 Å².